The number of nitrogens with zero attached hydrogens (tertiary/aromatic N) is 1. The zero-order chi connectivity index (χ0) is 17.7. The van der Waals surface area contributed by atoms with Gasteiger partial charge in [-0.3, -0.25) is 0 Å². The largest absolute Gasteiger partial charge is 0.490 e. The lowest BCUT2D eigenvalue weighted by atomic mass is 10.1. The van der Waals surface area contributed by atoms with Crippen molar-refractivity contribution in [2.24, 2.45) is 5.73 Å². The number of amides is 1. The molecule has 4 N–H and O–H groups in total. The van der Waals surface area contributed by atoms with Crippen molar-refractivity contribution >= 4 is 6.09 Å². The molecule has 1 aromatic carbocycles. The van der Waals surface area contributed by atoms with Crippen molar-refractivity contribution in [3.8, 4) is 5.75 Å². The van der Waals surface area contributed by atoms with Gasteiger partial charge in [0.15, 0.2) is 0 Å². The molecular weight excluding hydrogens is 310 g/mol. The first-order valence-corrected chi connectivity index (χ1v) is 8.18. The Bertz CT molecular complexity index is 534. The zero-order valence-corrected chi connectivity index (χ0v) is 14.5. The summed E-state index contributed by atoms with van der Waals surface area (Å²) in [6.07, 6.45) is 0.711. The number of hydrogen-bond donors (Lipinski definition) is 3. The molecule has 1 aliphatic heterocycles. The highest BCUT2D eigenvalue weighted by molar-refractivity contribution is 5.68. The van der Waals surface area contributed by atoms with Crippen LogP contribution in [0, 0.1) is 0 Å². The van der Waals surface area contributed by atoms with Crippen molar-refractivity contribution in [2.45, 2.75) is 51.5 Å². The second kappa shape index (κ2) is 7.83. The summed E-state index contributed by atoms with van der Waals surface area (Å²) in [5.41, 5.74) is 7.96. The van der Waals surface area contributed by atoms with Crippen molar-refractivity contribution < 1.29 is 19.5 Å². The molecule has 7 nitrogen and oxygen atoms in total. The first-order chi connectivity index (χ1) is 11.3. The summed E-state index contributed by atoms with van der Waals surface area (Å²) in [5, 5.41) is 8.81. The van der Waals surface area contributed by atoms with E-state index in [1.54, 1.807) is 17.0 Å². The van der Waals surface area contributed by atoms with Gasteiger partial charge in [-0.1, -0.05) is 12.1 Å². The van der Waals surface area contributed by atoms with Crippen LogP contribution in [-0.4, -0.2) is 41.0 Å². The van der Waals surface area contributed by atoms with E-state index in [4.69, 9.17) is 20.4 Å². The van der Waals surface area contributed by atoms with Gasteiger partial charge in [-0.25, -0.2) is 4.79 Å². The number of carbonyl (C=O) groups excluding carboxylic acids is 1. The zero-order valence-electron chi connectivity index (χ0n) is 14.5. The van der Waals surface area contributed by atoms with Gasteiger partial charge in [0.1, 0.15) is 23.6 Å². The van der Waals surface area contributed by atoms with Gasteiger partial charge >= 0.3 is 6.09 Å². The molecule has 134 valence electrons. The van der Waals surface area contributed by atoms with E-state index in [1.165, 1.54) is 0 Å². The van der Waals surface area contributed by atoms with Crippen LogP contribution in [0.25, 0.3) is 0 Å². The number of carbonyl (C=O) groups is 1. The van der Waals surface area contributed by atoms with Crippen LogP contribution in [0.15, 0.2) is 24.3 Å². The van der Waals surface area contributed by atoms with Crippen molar-refractivity contribution in [1.29, 1.82) is 0 Å². The van der Waals surface area contributed by atoms with Crippen LogP contribution in [0.1, 0.15) is 45.3 Å². The average molecular weight is 337 g/mol. The minimum absolute atomic E-state index is 0.0687. The second-order valence-electron chi connectivity index (χ2n) is 6.96. The number of hydroxylamine groups is 1. The lowest BCUT2D eigenvalue weighted by Crippen LogP contribution is -2.44. The predicted octanol–water partition coefficient (Wildman–Crippen LogP) is 2.40. The molecule has 0 aliphatic carbocycles. The number of rotatable bonds is 4. The number of likely N-dealkylation sites (tertiary alicyclic amines) is 1. The van der Waals surface area contributed by atoms with Crippen molar-refractivity contribution in [1.82, 2.24) is 10.4 Å². The van der Waals surface area contributed by atoms with Crippen LogP contribution in [0.5, 0.6) is 5.75 Å². The maximum atomic E-state index is 12.0. The Hall–Kier alpha value is -1.83. The molecule has 1 aliphatic rings. The van der Waals surface area contributed by atoms with Gasteiger partial charge in [0.2, 0.25) is 0 Å². The lowest BCUT2D eigenvalue weighted by molar-refractivity contribution is 0.0126. The Morgan fingerprint density at radius 1 is 1.29 bits per heavy atom. The van der Waals surface area contributed by atoms with Gasteiger partial charge in [-0.15, -0.1) is 0 Å². The average Bonchev–Trinajstić information content (AvgIpc) is 2.54. The highest BCUT2D eigenvalue weighted by Gasteiger charge is 2.27. The van der Waals surface area contributed by atoms with Gasteiger partial charge in [-0.05, 0) is 38.5 Å². The first-order valence-electron chi connectivity index (χ1n) is 8.18. The van der Waals surface area contributed by atoms with Crippen LogP contribution in [0.3, 0.4) is 0 Å². The van der Waals surface area contributed by atoms with Crippen molar-refractivity contribution in [3.63, 3.8) is 0 Å². The molecule has 1 heterocycles. The topological polar surface area (TPSA) is 97.0 Å². The van der Waals surface area contributed by atoms with Gasteiger partial charge in [-0.2, -0.15) is 5.48 Å². The van der Waals surface area contributed by atoms with E-state index in [2.05, 4.69) is 0 Å². The van der Waals surface area contributed by atoms with Gasteiger partial charge in [0.05, 0.1) is 0 Å². The third-order valence-corrected chi connectivity index (χ3v) is 3.77. The molecule has 7 heteroatoms. The molecule has 1 atom stereocenters. The fourth-order valence-electron chi connectivity index (χ4n) is 2.50. The van der Waals surface area contributed by atoms with Crippen LogP contribution in [-0.2, 0) is 4.74 Å². The summed E-state index contributed by atoms with van der Waals surface area (Å²) >= 11 is 0. The molecule has 1 aromatic rings. The predicted molar refractivity (Wildman–Crippen MR) is 89.7 cm³/mol. The smallest absolute Gasteiger partial charge is 0.410 e. The SMILES string of the molecule is CC(C)(C)OC(=O)N1CCC(Oc2ccc(C(N)NO)cc2)CC1. The highest BCUT2D eigenvalue weighted by Crippen LogP contribution is 2.22. The van der Waals surface area contributed by atoms with Crippen LogP contribution in [0.2, 0.25) is 0 Å². The van der Waals surface area contributed by atoms with E-state index in [-0.39, 0.29) is 12.2 Å². The van der Waals surface area contributed by atoms with E-state index in [9.17, 15) is 4.79 Å². The summed E-state index contributed by atoms with van der Waals surface area (Å²) in [7, 11) is 0. The second-order valence-corrected chi connectivity index (χ2v) is 6.96. The molecule has 0 bridgehead atoms. The molecule has 2 rings (SSSR count). The molecule has 0 radical (unpaired) electrons. The number of hydrogen-bond acceptors (Lipinski definition) is 6. The quantitative estimate of drug-likeness (QED) is 0.577. The summed E-state index contributed by atoms with van der Waals surface area (Å²) in [5.74, 6) is 0.750. The van der Waals surface area contributed by atoms with Crippen LogP contribution >= 0.6 is 0 Å². The molecule has 1 unspecified atom stereocenters. The number of piperidine rings is 1. The maximum Gasteiger partial charge on any atom is 0.410 e. The van der Waals surface area contributed by atoms with E-state index >= 15 is 0 Å². The Morgan fingerprint density at radius 3 is 2.38 bits per heavy atom. The minimum atomic E-state index is -0.615. The standard InChI is InChI=1S/C17H27N3O4/c1-17(2,3)24-16(21)20-10-8-14(9-11-20)23-13-6-4-12(5-7-13)15(18)19-22/h4-7,14-15,19,22H,8-11,18H2,1-3H3. The van der Waals surface area contributed by atoms with Crippen LogP contribution < -0.4 is 16.0 Å². The Labute approximate surface area is 142 Å². The van der Waals surface area contributed by atoms with Gasteiger partial charge in [0, 0.05) is 25.9 Å². The first kappa shape index (κ1) is 18.5. The fraction of sp³-hybridized carbons (Fsp3) is 0.588. The van der Waals surface area contributed by atoms with E-state index in [0.29, 0.717) is 13.1 Å². The van der Waals surface area contributed by atoms with Crippen molar-refractivity contribution in [3.05, 3.63) is 29.8 Å². The number of nitrogens with two attached hydrogens (primary N) is 1. The summed E-state index contributed by atoms with van der Waals surface area (Å²) in [6, 6.07) is 7.26. The number of benzene rings is 1. The van der Waals surface area contributed by atoms with E-state index in [0.717, 1.165) is 24.2 Å². The highest BCUT2D eigenvalue weighted by atomic mass is 16.6. The molecule has 1 saturated heterocycles. The third-order valence-electron chi connectivity index (χ3n) is 3.77. The Kier molecular flexibility index (Phi) is 6.04. The normalized spacial score (nSPS) is 17.5. The Morgan fingerprint density at radius 2 is 1.88 bits per heavy atom. The number of nitrogens with one attached hydrogen (secondary N) is 1. The monoisotopic (exact) mass is 337 g/mol. The number of ether oxygens (including phenoxy) is 2. The molecule has 1 amide bonds. The van der Waals surface area contributed by atoms with Gasteiger partial charge < -0.3 is 25.3 Å². The minimum Gasteiger partial charge on any atom is -0.490 e. The van der Waals surface area contributed by atoms with E-state index in [1.807, 2.05) is 38.4 Å². The Balaban J connectivity index is 1.81. The molecule has 24 heavy (non-hydrogen) atoms. The summed E-state index contributed by atoms with van der Waals surface area (Å²) in [4.78, 5) is 13.8. The molecule has 0 spiro atoms. The van der Waals surface area contributed by atoms with Gasteiger partial charge in [0.25, 0.3) is 0 Å². The van der Waals surface area contributed by atoms with Crippen LogP contribution in [0.4, 0.5) is 4.79 Å². The molecular formula is C17H27N3O4. The fourth-order valence-corrected chi connectivity index (χ4v) is 2.50. The molecule has 0 saturated carbocycles. The summed E-state index contributed by atoms with van der Waals surface area (Å²) < 4.78 is 11.3. The third kappa shape index (κ3) is 5.36. The summed E-state index contributed by atoms with van der Waals surface area (Å²) in [6.45, 7) is 6.84. The lowest BCUT2D eigenvalue weighted by Gasteiger charge is -2.33. The van der Waals surface area contributed by atoms with Crippen molar-refractivity contribution in [2.75, 3.05) is 13.1 Å². The molecule has 1 fully saturated rings. The van der Waals surface area contributed by atoms with E-state index < -0.39 is 11.8 Å². The maximum absolute atomic E-state index is 12.0. The molecule has 0 aromatic heterocycles.